The minimum atomic E-state index is 0.321. The Morgan fingerprint density at radius 2 is 2.04 bits per heavy atom. The van der Waals surface area contributed by atoms with Crippen molar-refractivity contribution < 1.29 is 4.52 Å². The van der Waals surface area contributed by atoms with Gasteiger partial charge in [0.05, 0.1) is 15.9 Å². The van der Waals surface area contributed by atoms with Crippen molar-refractivity contribution in [3.8, 4) is 11.6 Å². The average Bonchev–Trinajstić information content (AvgIpc) is 3.12. The van der Waals surface area contributed by atoms with Crippen molar-refractivity contribution >= 4 is 39.8 Å². The Hall–Kier alpha value is -2.18. The fraction of sp³-hybridized carbons (Fsp3) is 0.200. The number of rotatable bonds is 2. The first-order chi connectivity index (χ1) is 11.2. The molecule has 0 N–H and O–H groups in total. The molecule has 5 rings (SSSR count). The summed E-state index contributed by atoms with van der Waals surface area (Å²) in [4.78, 5) is 13.2. The molecule has 0 unspecified atom stereocenters. The second-order valence-electron chi connectivity index (χ2n) is 5.56. The summed E-state index contributed by atoms with van der Waals surface area (Å²) in [6.45, 7) is 0. The molecule has 3 aromatic heterocycles. The second kappa shape index (κ2) is 4.66. The van der Waals surface area contributed by atoms with Crippen LogP contribution in [-0.2, 0) is 0 Å². The lowest BCUT2D eigenvalue weighted by Crippen LogP contribution is -1.93. The fourth-order valence-electron chi connectivity index (χ4n) is 2.68. The van der Waals surface area contributed by atoms with Crippen molar-refractivity contribution in [3.63, 3.8) is 0 Å². The first-order valence-electron chi connectivity index (χ1n) is 7.17. The molecule has 4 aromatic rings. The van der Waals surface area contributed by atoms with E-state index in [4.69, 9.17) is 27.7 Å². The zero-order valence-corrected chi connectivity index (χ0v) is 13.2. The molecule has 8 heteroatoms. The third kappa shape index (κ3) is 1.95. The summed E-state index contributed by atoms with van der Waals surface area (Å²) in [5.74, 6) is 1.51. The van der Waals surface area contributed by atoms with E-state index < -0.39 is 0 Å². The molecule has 0 spiro atoms. The SMILES string of the molecule is Clc1cccc2c1c(Cl)nc1c(-c3nc(C4CC4)no3)ncn12. The zero-order chi connectivity index (χ0) is 15.6. The van der Waals surface area contributed by atoms with Gasteiger partial charge in [0, 0.05) is 5.92 Å². The zero-order valence-electron chi connectivity index (χ0n) is 11.7. The molecule has 23 heavy (non-hydrogen) atoms. The number of aromatic nitrogens is 5. The van der Waals surface area contributed by atoms with Crippen molar-refractivity contribution in [1.82, 2.24) is 24.5 Å². The predicted molar refractivity (Wildman–Crippen MR) is 85.8 cm³/mol. The van der Waals surface area contributed by atoms with E-state index in [-0.39, 0.29) is 0 Å². The van der Waals surface area contributed by atoms with E-state index in [1.54, 1.807) is 12.4 Å². The van der Waals surface area contributed by atoms with E-state index in [0.717, 1.165) is 24.2 Å². The van der Waals surface area contributed by atoms with Crippen LogP contribution in [0.3, 0.4) is 0 Å². The van der Waals surface area contributed by atoms with Crippen LogP contribution in [0.25, 0.3) is 28.1 Å². The average molecular weight is 346 g/mol. The Bertz CT molecular complexity index is 1070. The summed E-state index contributed by atoms with van der Waals surface area (Å²) >= 11 is 12.6. The van der Waals surface area contributed by atoms with Crippen LogP contribution in [-0.4, -0.2) is 24.5 Å². The molecular weight excluding hydrogens is 337 g/mol. The van der Waals surface area contributed by atoms with Gasteiger partial charge in [-0.1, -0.05) is 34.4 Å². The minimum Gasteiger partial charge on any atom is -0.332 e. The van der Waals surface area contributed by atoms with Crippen LogP contribution in [0.4, 0.5) is 0 Å². The largest absolute Gasteiger partial charge is 0.332 e. The predicted octanol–water partition coefficient (Wildman–Crippen LogP) is 4.12. The summed E-state index contributed by atoms with van der Waals surface area (Å²) in [7, 11) is 0. The van der Waals surface area contributed by atoms with Gasteiger partial charge in [0.25, 0.3) is 5.89 Å². The fourth-order valence-corrected chi connectivity index (χ4v) is 3.27. The molecular formula is C15H9Cl2N5O. The minimum absolute atomic E-state index is 0.321. The van der Waals surface area contributed by atoms with Crippen LogP contribution in [0.5, 0.6) is 0 Å². The summed E-state index contributed by atoms with van der Waals surface area (Å²) in [5.41, 5.74) is 1.91. The van der Waals surface area contributed by atoms with Crippen molar-refractivity contribution in [2.45, 2.75) is 18.8 Å². The van der Waals surface area contributed by atoms with Crippen LogP contribution in [0.2, 0.25) is 10.2 Å². The summed E-state index contributed by atoms with van der Waals surface area (Å²) in [6.07, 6.45) is 3.87. The molecule has 0 amide bonds. The van der Waals surface area contributed by atoms with Crippen LogP contribution in [0.1, 0.15) is 24.6 Å². The highest BCUT2D eigenvalue weighted by Gasteiger charge is 2.30. The van der Waals surface area contributed by atoms with Gasteiger partial charge in [0.2, 0.25) is 0 Å². The first-order valence-corrected chi connectivity index (χ1v) is 7.93. The van der Waals surface area contributed by atoms with Crippen LogP contribution in [0.15, 0.2) is 29.0 Å². The maximum absolute atomic E-state index is 6.32. The lowest BCUT2D eigenvalue weighted by atomic mass is 10.2. The van der Waals surface area contributed by atoms with Crippen molar-refractivity contribution in [2.75, 3.05) is 0 Å². The molecule has 0 atom stereocenters. The van der Waals surface area contributed by atoms with E-state index in [1.807, 2.05) is 16.5 Å². The lowest BCUT2D eigenvalue weighted by Gasteiger charge is -2.05. The molecule has 1 aliphatic rings. The smallest absolute Gasteiger partial charge is 0.280 e. The molecule has 3 heterocycles. The Morgan fingerprint density at radius 1 is 1.17 bits per heavy atom. The summed E-state index contributed by atoms with van der Waals surface area (Å²) in [5, 5.41) is 5.58. The molecule has 1 fully saturated rings. The summed E-state index contributed by atoms with van der Waals surface area (Å²) < 4.78 is 7.17. The van der Waals surface area contributed by atoms with Gasteiger partial charge in [-0.3, -0.25) is 4.40 Å². The molecule has 0 bridgehead atoms. The van der Waals surface area contributed by atoms with Crippen molar-refractivity contribution in [1.29, 1.82) is 0 Å². The second-order valence-corrected chi connectivity index (χ2v) is 6.32. The van der Waals surface area contributed by atoms with Gasteiger partial charge >= 0.3 is 0 Å². The van der Waals surface area contributed by atoms with E-state index in [9.17, 15) is 0 Å². The maximum Gasteiger partial charge on any atom is 0.280 e. The number of hydrogen-bond acceptors (Lipinski definition) is 5. The van der Waals surface area contributed by atoms with Gasteiger partial charge in [-0.05, 0) is 25.0 Å². The normalized spacial score (nSPS) is 14.9. The van der Waals surface area contributed by atoms with Crippen LogP contribution in [0, 0.1) is 0 Å². The topological polar surface area (TPSA) is 69.1 Å². The molecule has 0 aliphatic heterocycles. The highest BCUT2D eigenvalue weighted by Crippen LogP contribution is 2.39. The molecule has 0 radical (unpaired) electrons. The molecule has 114 valence electrons. The molecule has 1 aromatic carbocycles. The van der Waals surface area contributed by atoms with Gasteiger partial charge < -0.3 is 4.52 Å². The monoisotopic (exact) mass is 345 g/mol. The van der Waals surface area contributed by atoms with E-state index >= 15 is 0 Å². The maximum atomic E-state index is 6.32. The van der Waals surface area contributed by atoms with Gasteiger partial charge in [-0.25, -0.2) is 9.97 Å². The lowest BCUT2D eigenvalue weighted by molar-refractivity contribution is 0.422. The van der Waals surface area contributed by atoms with Crippen molar-refractivity contribution in [2.24, 2.45) is 0 Å². The number of fused-ring (bicyclic) bond motifs is 3. The number of benzene rings is 1. The first kappa shape index (κ1) is 13.3. The van der Waals surface area contributed by atoms with Gasteiger partial charge in [0.1, 0.15) is 11.5 Å². The number of imidazole rings is 1. The van der Waals surface area contributed by atoms with Crippen LogP contribution >= 0.6 is 23.2 Å². The summed E-state index contributed by atoms with van der Waals surface area (Å²) in [6, 6.07) is 5.55. The molecule has 0 saturated heterocycles. The Kier molecular flexibility index (Phi) is 2.69. The van der Waals surface area contributed by atoms with Crippen molar-refractivity contribution in [3.05, 3.63) is 40.5 Å². The highest BCUT2D eigenvalue weighted by molar-refractivity contribution is 6.41. The Labute approximate surface area is 140 Å². The van der Waals surface area contributed by atoms with E-state index in [0.29, 0.717) is 38.7 Å². The van der Waals surface area contributed by atoms with Gasteiger partial charge in [0.15, 0.2) is 17.2 Å². The van der Waals surface area contributed by atoms with Crippen LogP contribution < -0.4 is 0 Å². The molecule has 1 saturated carbocycles. The van der Waals surface area contributed by atoms with E-state index in [2.05, 4.69) is 20.1 Å². The quantitative estimate of drug-likeness (QED) is 0.511. The standard InChI is InChI=1S/C15H9Cl2N5O/c16-8-2-1-3-9-10(8)12(17)19-14-11(18-6-22(9)14)15-20-13(21-23-15)7-4-5-7/h1-3,6-7H,4-5H2. The number of hydrogen-bond donors (Lipinski definition) is 0. The van der Waals surface area contributed by atoms with Gasteiger partial charge in [-0.2, -0.15) is 4.98 Å². The number of halogens is 2. The van der Waals surface area contributed by atoms with Gasteiger partial charge in [-0.15, -0.1) is 0 Å². The third-order valence-electron chi connectivity index (χ3n) is 3.99. The Morgan fingerprint density at radius 3 is 2.87 bits per heavy atom. The molecule has 1 aliphatic carbocycles. The molecule has 6 nitrogen and oxygen atoms in total. The van der Waals surface area contributed by atoms with E-state index in [1.165, 1.54) is 0 Å². The number of nitrogens with zero attached hydrogens (tertiary/aromatic N) is 5. The third-order valence-corrected chi connectivity index (χ3v) is 4.58. The Balaban J connectivity index is 1.78. The highest BCUT2D eigenvalue weighted by atomic mass is 35.5.